The lowest BCUT2D eigenvalue weighted by Crippen LogP contribution is -2.27. The van der Waals surface area contributed by atoms with Crippen molar-refractivity contribution in [1.29, 1.82) is 0 Å². The van der Waals surface area contributed by atoms with E-state index in [9.17, 15) is 14.7 Å². The molecule has 1 atom stereocenters. The number of hydrogen-bond acceptors (Lipinski definition) is 6. The van der Waals surface area contributed by atoms with Gasteiger partial charge in [-0.1, -0.05) is 18.2 Å². The van der Waals surface area contributed by atoms with Gasteiger partial charge in [0, 0.05) is 5.56 Å². The van der Waals surface area contributed by atoms with E-state index in [0.29, 0.717) is 11.3 Å². The van der Waals surface area contributed by atoms with Crippen LogP contribution < -0.4 is 4.74 Å². The fourth-order valence-corrected chi connectivity index (χ4v) is 2.01. The van der Waals surface area contributed by atoms with Crippen molar-refractivity contribution < 1.29 is 28.9 Å². The van der Waals surface area contributed by atoms with E-state index in [0.717, 1.165) is 0 Å². The summed E-state index contributed by atoms with van der Waals surface area (Å²) in [6.07, 6.45) is -1.30. The van der Waals surface area contributed by atoms with Crippen molar-refractivity contribution >= 4 is 11.9 Å². The molecule has 1 N–H and O–H groups in total. The quantitative estimate of drug-likeness (QED) is 0.847. The molecule has 112 valence electrons. The maximum atomic E-state index is 12.0. The summed E-state index contributed by atoms with van der Waals surface area (Å²) >= 11 is 0. The summed E-state index contributed by atoms with van der Waals surface area (Å²) in [6, 6.07) is 6.61. The molecule has 2 rings (SSSR count). The number of para-hydroxylation sites is 1. The molecule has 1 unspecified atom stereocenters. The smallest absolute Gasteiger partial charge is 0.374 e. The fourth-order valence-electron chi connectivity index (χ4n) is 2.01. The van der Waals surface area contributed by atoms with E-state index in [-0.39, 0.29) is 24.5 Å². The zero-order chi connectivity index (χ0) is 15.4. The molecule has 1 aromatic rings. The summed E-state index contributed by atoms with van der Waals surface area (Å²) in [5, 5.41) is 10.4. The molecule has 0 saturated heterocycles. The molecule has 0 radical (unpaired) electrons. The Hall–Kier alpha value is -2.34. The molecule has 6 heteroatoms. The minimum atomic E-state index is -1.30. The van der Waals surface area contributed by atoms with E-state index in [1.807, 2.05) is 0 Å². The molecule has 1 heterocycles. The summed E-state index contributed by atoms with van der Waals surface area (Å²) in [5.41, 5.74) is 0.155. The number of benzene rings is 1. The third-order valence-corrected chi connectivity index (χ3v) is 2.90. The Morgan fingerprint density at radius 2 is 1.76 bits per heavy atom. The van der Waals surface area contributed by atoms with Crippen LogP contribution >= 0.6 is 0 Å². The Morgan fingerprint density at radius 1 is 1.14 bits per heavy atom. The number of hydrogen-bond donors (Lipinski definition) is 1. The Labute approximate surface area is 121 Å². The van der Waals surface area contributed by atoms with Gasteiger partial charge in [0.2, 0.25) is 5.76 Å². The maximum absolute atomic E-state index is 12.0. The second kappa shape index (κ2) is 6.41. The van der Waals surface area contributed by atoms with Crippen molar-refractivity contribution in [2.24, 2.45) is 0 Å². The van der Waals surface area contributed by atoms with Crippen LogP contribution in [0.5, 0.6) is 5.75 Å². The Kier molecular flexibility index (Phi) is 4.59. The second-order valence-electron chi connectivity index (χ2n) is 4.23. The van der Waals surface area contributed by atoms with Gasteiger partial charge in [0.1, 0.15) is 17.4 Å². The number of fused-ring (bicyclic) bond motifs is 1. The van der Waals surface area contributed by atoms with Crippen molar-refractivity contribution in [3.8, 4) is 5.75 Å². The first-order valence-corrected chi connectivity index (χ1v) is 6.63. The monoisotopic (exact) mass is 292 g/mol. The van der Waals surface area contributed by atoms with E-state index < -0.39 is 18.0 Å². The molecule has 0 saturated carbocycles. The van der Waals surface area contributed by atoms with Crippen molar-refractivity contribution in [3.63, 3.8) is 0 Å². The molecule has 0 bridgehead atoms. The molecule has 0 aliphatic carbocycles. The van der Waals surface area contributed by atoms with Crippen LogP contribution in [-0.2, 0) is 19.1 Å². The molecular formula is C15H16O6. The van der Waals surface area contributed by atoms with Gasteiger partial charge in [0.25, 0.3) is 0 Å². The fraction of sp³-hybridized carbons (Fsp3) is 0.333. The van der Waals surface area contributed by atoms with Crippen LogP contribution in [0.15, 0.2) is 35.6 Å². The lowest BCUT2D eigenvalue weighted by atomic mass is 9.97. The summed E-state index contributed by atoms with van der Waals surface area (Å²) in [5.74, 6) is -1.64. The average Bonchev–Trinajstić information content (AvgIpc) is 2.47. The SMILES string of the molecule is CCOC(=O)C1=C(C(=O)OCC)C(O)c2ccccc2O1. The highest BCUT2D eigenvalue weighted by atomic mass is 16.6. The van der Waals surface area contributed by atoms with Gasteiger partial charge in [-0.15, -0.1) is 0 Å². The predicted octanol–water partition coefficient (Wildman–Crippen LogP) is 1.49. The van der Waals surface area contributed by atoms with Crippen LogP contribution in [0.2, 0.25) is 0 Å². The molecule has 1 aromatic carbocycles. The highest BCUT2D eigenvalue weighted by molar-refractivity contribution is 6.01. The van der Waals surface area contributed by atoms with Gasteiger partial charge in [-0.25, -0.2) is 9.59 Å². The number of aliphatic hydroxyl groups excluding tert-OH is 1. The zero-order valence-corrected chi connectivity index (χ0v) is 11.8. The number of carbonyl (C=O) groups excluding carboxylic acids is 2. The molecule has 0 amide bonds. The average molecular weight is 292 g/mol. The second-order valence-corrected chi connectivity index (χ2v) is 4.23. The van der Waals surface area contributed by atoms with Crippen LogP contribution in [0.25, 0.3) is 0 Å². The first-order chi connectivity index (χ1) is 10.1. The number of esters is 2. The Bertz CT molecular complexity index is 590. The minimum Gasteiger partial charge on any atom is -0.462 e. The minimum absolute atomic E-state index is 0.118. The van der Waals surface area contributed by atoms with Gasteiger partial charge in [-0.3, -0.25) is 0 Å². The maximum Gasteiger partial charge on any atom is 0.374 e. The van der Waals surface area contributed by atoms with Crippen molar-refractivity contribution in [2.45, 2.75) is 20.0 Å². The van der Waals surface area contributed by atoms with E-state index in [2.05, 4.69) is 0 Å². The largest absolute Gasteiger partial charge is 0.462 e. The summed E-state index contributed by atoms with van der Waals surface area (Å²) < 4.78 is 15.2. The Balaban J connectivity index is 2.49. The summed E-state index contributed by atoms with van der Waals surface area (Å²) in [6.45, 7) is 3.51. The van der Waals surface area contributed by atoms with Gasteiger partial charge in [0.15, 0.2) is 0 Å². The van der Waals surface area contributed by atoms with E-state index in [1.54, 1.807) is 38.1 Å². The standard InChI is InChI=1S/C15H16O6/c1-3-19-14(17)11-12(16)9-7-5-6-8-10(9)21-13(11)15(18)20-4-2/h5-8,12,16H,3-4H2,1-2H3. The van der Waals surface area contributed by atoms with E-state index in [4.69, 9.17) is 14.2 Å². The van der Waals surface area contributed by atoms with Crippen LogP contribution in [0, 0.1) is 0 Å². The van der Waals surface area contributed by atoms with E-state index >= 15 is 0 Å². The number of aliphatic hydroxyl groups is 1. The van der Waals surface area contributed by atoms with Gasteiger partial charge in [-0.05, 0) is 19.9 Å². The number of ether oxygens (including phenoxy) is 3. The van der Waals surface area contributed by atoms with Crippen LogP contribution in [0.4, 0.5) is 0 Å². The molecule has 0 aromatic heterocycles. The molecule has 1 aliphatic rings. The van der Waals surface area contributed by atoms with Crippen LogP contribution in [0.1, 0.15) is 25.5 Å². The van der Waals surface area contributed by atoms with Crippen molar-refractivity contribution in [1.82, 2.24) is 0 Å². The highest BCUT2D eigenvalue weighted by Crippen LogP contribution is 2.38. The lowest BCUT2D eigenvalue weighted by molar-refractivity contribution is -0.145. The first-order valence-electron chi connectivity index (χ1n) is 6.63. The van der Waals surface area contributed by atoms with Gasteiger partial charge in [0.05, 0.1) is 13.2 Å². The normalized spacial score (nSPS) is 16.8. The summed E-state index contributed by atoms with van der Waals surface area (Å²) in [7, 11) is 0. The first kappa shape index (κ1) is 15.1. The van der Waals surface area contributed by atoms with E-state index in [1.165, 1.54) is 0 Å². The topological polar surface area (TPSA) is 82.1 Å². The third kappa shape index (κ3) is 2.90. The molecule has 0 spiro atoms. The summed E-state index contributed by atoms with van der Waals surface area (Å²) in [4.78, 5) is 24.0. The molecule has 6 nitrogen and oxygen atoms in total. The Morgan fingerprint density at radius 3 is 2.43 bits per heavy atom. The van der Waals surface area contributed by atoms with Gasteiger partial charge >= 0.3 is 11.9 Å². The zero-order valence-electron chi connectivity index (χ0n) is 11.8. The number of carbonyl (C=O) groups is 2. The van der Waals surface area contributed by atoms with Crippen LogP contribution in [0.3, 0.4) is 0 Å². The molecule has 0 fully saturated rings. The number of rotatable bonds is 4. The van der Waals surface area contributed by atoms with Gasteiger partial charge in [-0.2, -0.15) is 0 Å². The molecule has 21 heavy (non-hydrogen) atoms. The predicted molar refractivity (Wildman–Crippen MR) is 72.3 cm³/mol. The van der Waals surface area contributed by atoms with Crippen molar-refractivity contribution in [3.05, 3.63) is 41.2 Å². The van der Waals surface area contributed by atoms with Gasteiger partial charge < -0.3 is 19.3 Å². The van der Waals surface area contributed by atoms with Crippen LogP contribution in [-0.4, -0.2) is 30.3 Å². The third-order valence-electron chi connectivity index (χ3n) is 2.90. The molecular weight excluding hydrogens is 276 g/mol. The molecule has 1 aliphatic heterocycles. The highest BCUT2D eigenvalue weighted by Gasteiger charge is 2.37. The van der Waals surface area contributed by atoms with Crippen molar-refractivity contribution in [2.75, 3.05) is 13.2 Å². The lowest BCUT2D eigenvalue weighted by Gasteiger charge is -2.25.